The quantitative estimate of drug-likeness (QED) is 0.495. The Labute approximate surface area is 179 Å². The van der Waals surface area contributed by atoms with Gasteiger partial charge in [-0.25, -0.2) is 4.39 Å². The number of aromatic amines is 1. The van der Waals surface area contributed by atoms with Crippen LogP contribution < -0.4 is 10.9 Å². The van der Waals surface area contributed by atoms with Crippen molar-refractivity contribution >= 4 is 23.2 Å². The Morgan fingerprint density at radius 3 is 2.45 bits per heavy atom. The summed E-state index contributed by atoms with van der Waals surface area (Å²) >= 11 is 5.84. The standard InChI is InChI=1S/C22H17ClF4N2O2/c1-2-12-8-15(24)4-3-13(12)7-14-9-18(22(25,26)27)19(23)11-17(14)21(31)29-16-5-6-28-20(30)10-16/h3-6,8-11H,2,7H2,1H3,(H2,28,29,30,31). The number of rotatable bonds is 5. The molecule has 1 aromatic heterocycles. The largest absolute Gasteiger partial charge is 0.417 e. The SMILES string of the molecule is CCc1cc(F)ccc1Cc1cc(C(F)(F)F)c(Cl)cc1C(=O)Nc1cc[nH]c(=O)c1. The Bertz CT molecular complexity index is 1190. The maximum absolute atomic E-state index is 13.6. The average Bonchev–Trinajstić information content (AvgIpc) is 2.69. The van der Waals surface area contributed by atoms with Crippen LogP contribution in [0.5, 0.6) is 0 Å². The number of pyridine rings is 1. The summed E-state index contributed by atoms with van der Waals surface area (Å²) in [5.74, 6) is -1.18. The van der Waals surface area contributed by atoms with Crippen molar-refractivity contribution < 1.29 is 22.4 Å². The van der Waals surface area contributed by atoms with Crippen LogP contribution in [0.15, 0.2) is 53.5 Å². The molecule has 162 valence electrons. The number of carbonyl (C=O) groups is 1. The molecule has 0 spiro atoms. The highest BCUT2D eigenvalue weighted by Gasteiger charge is 2.34. The van der Waals surface area contributed by atoms with Gasteiger partial charge >= 0.3 is 6.18 Å². The summed E-state index contributed by atoms with van der Waals surface area (Å²) in [5, 5.41) is 1.87. The molecule has 1 heterocycles. The van der Waals surface area contributed by atoms with Gasteiger partial charge in [0.25, 0.3) is 5.91 Å². The molecule has 0 radical (unpaired) electrons. The molecule has 2 aromatic carbocycles. The number of hydrogen-bond acceptors (Lipinski definition) is 2. The summed E-state index contributed by atoms with van der Waals surface area (Å²) in [6, 6.07) is 8.36. The fourth-order valence-corrected chi connectivity index (χ4v) is 3.49. The molecule has 9 heteroatoms. The summed E-state index contributed by atoms with van der Waals surface area (Å²) in [6.45, 7) is 1.79. The molecule has 0 fully saturated rings. The molecular formula is C22H17ClF4N2O2. The highest BCUT2D eigenvalue weighted by atomic mass is 35.5. The maximum Gasteiger partial charge on any atom is 0.417 e. The molecular weight excluding hydrogens is 436 g/mol. The molecule has 4 nitrogen and oxygen atoms in total. The Morgan fingerprint density at radius 2 is 1.81 bits per heavy atom. The van der Waals surface area contributed by atoms with Gasteiger partial charge in [-0.15, -0.1) is 0 Å². The van der Waals surface area contributed by atoms with Gasteiger partial charge < -0.3 is 10.3 Å². The predicted octanol–water partition coefficient (Wildman–Crippen LogP) is 5.59. The number of amides is 1. The van der Waals surface area contributed by atoms with Crippen molar-refractivity contribution in [2.75, 3.05) is 5.32 Å². The summed E-state index contributed by atoms with van der Waals surface area (Å²) in [7, 11) is 0. The smallest absolute Gasteiger partial charge is 0.329 e. The molecule has 0 aliphatic carbocycles. The second kappa shape index (κ2) is 8.93. The minimum Gasteiger partial charge on any atom is -0.329 e. The van der Waals surface area contributed by atoms with Crippen molar-refractivity contribution in [3.05, 3.63) is 97.7 Å². The van der Waals surface area contributed by atoms with Gasteiger partial charge in [-0.3, -0.25) is 9.59 Å². The van der Waals surface area contributed by atoms with E-state index >= 15 is 0 Å². The lowest BCUT2D eigenvalue weighted by atomic mass is 9.93. The van der Waals surface area contributed by atoms with Gasteiger partial charge in [-0.1, -0.05) is 24.6 Å². The van der Waals surface area contributed by atoms with Crippen LogP contribution >= 0.6 is 11.6 Å². The lowest BCUT2D eigenvalue weighted by molar-refractivity contribution is -0.137. The lowest BCUT2D eigenvalue weighted by Gasteiger charge is -2.17. The van der Waals surface area contributed by atoms with E-state index in [0.29, 0.717) is 17.5 Å². The topological polar surface area (TPSA) is 62.0 Å². The zero-order valence-corrected chi connectivity index (χ0v) is 17.0. The second-order valence-corrected chi connectivity index (χ2v) is 7.23. The van der Waals surface area contributed by atoms with Crippen molar-refractivity contribution in [2.24, 2.45) is 0 Å². The third-order valence-corrected chi connectivity index (χ3v) is 5.02. The molecule has 31 heavy (non-hydrogen) atoms. The molecule has 0 saturated carbocycles. The highest BCUT2D eigenvalue weighted by Crippen LogP contribution is 2.37. The number of alkyl halides is 3. The number of benzene rings is 2. The third-order valence-electron chi connectivity index (χ3n) is 4.71. The van der Waals surface area contributed by atoms with E-state index in [1.54, 1.807) is 6.92 Å². The Morgan fingerprint density at radius 1 is 1.06 bits per heavy atom. The van der Waals surface area contributed by atoms with E-state index in [1.165, 1.54) is 30.5 Å². The predicted molar refractivity (Wildman–Crippen MR) is 110 cm³/mol. The van der Waals surface area contributed by atoms with E-state index in [-0.39, 0.29) is 23.2 Å². The monoisotopic (exact) mass is 452 g/mol. The summed E-state index contributed by atoms with van der Waals surface area (Å²) < 4.78 is 53.8. The van der Waals surface area contributed by atoms with Crippen molar-refractivity contribution in [3.63, 3.8) is 0 Å². The first kappa shape index (κ1) is 22.6. The van der Waals surface area contributed by atoms with Gasteiger partial charge in [0.1, 0.15) is 5.82 Å². The van der Waals surface area contributed by atoms with Gasteiger partial charge in [0.05, 0.1) is 10.6 Å². The van der Waals surface area contributed by atoms with Crippen LogP contribution in [0.4, 0.5) is 23.2 Å². The molecule has 1 amide bonds. The van der Waals surface area contributed by atoms with Gasteiger partial charge in [-0.2, -0.15) is 13.2 Å². The number of aryl methyl sites for hydroxylation is 1. The van der Waals surface area contributed by atoms with Crippen LogP contribution in [-0.4, -0.2) is 10.9 Å². The van der Waals surface area contributed by atoms with Crippen LogP contribution in [0.1, 0.15) is 39.5 Å². The minimum absolute atomic E-state index is 0.0399. The summed E-state index contributed by atoms with van der Waals surface area (Å²) in [5.41, 5.74) is -0.162. The van der Waals surface area contributed by atoms with Crippen molar-refractivity contribution in [3.8, 4) is 0 Å². The molecule has 0 aliphatic rings. The first-order valence-electron chi connectivity index (χ1n) is 9.25. The van der Waals surface area contributed by atoms with E-state index in [9.17, 15) is 27.2 Å². The zero-order valence-electron chi connectivity index (χ0n) is 16.2. The van der Waals surface area contributed by atoms with Crippen molar-refractivity contribution in [1.29, 1.82) is 0 Å². The fourth-order valence-electron chi connectivity index (χ4n) is 3.21. The molecule has 3 aromatic rings. The van der Waals surface area contributed by atoms with Crippen LogP contribution in [0.25, 0.3) is 0 Å². The molecule has 0 atom stereocenters. The summed E-state index contributed by atoms with van der Waals surface area (Å²) in [4.78, 5) is 26.7. The first-order chi connectivity index (χ1) is 14.6. The number of halogens is 5. The Hall–Kier alpha value is -3.13. The van der Waals surface area contributed by atoms with E-state index in [2.05, 4.69) is 10.3 Å². The second-order valence-electron chi connectivity index (χ2n) is 6.83. The Kier molecular flexibility index (Phi) is 6.50. The number of nitrogens with one attached hydrogen (secondary N) is 2. The third kappa shape index (κ3) is 5.32. The van der Waals surface area contributed by atoms with E-state index < -0.39 is 34.0 Å². The van der Waals surface area contributed by atoms with Crippen LogP contribution in [-0.2, 0) is 19.0 Å². The summed E-state index contributed by atoms with van der Waals surface area (Å²) in [6.07, 6.45) is -2.97. The maximum atomic E-state index is 13.6. The van der Waals surface area contributed by atoms with E-state index in [4.69, 9.17) is 11.6 Å². The average molecular weight is 453 g/mol. The molecule has 0 aliphatic heterocycles. The fraction of sp³-hybridized carbons (Fsp3) is 0.182. The van der Waals surface area contributed by atoms with Gasteiger partial charge in [0, 0.05) is 23.5 Å². The molecule has 3 rings (SSSR count). The first-order valence-corrected chi connectivity index (χ1v) is 9.63. The normalized spacial score (nSPS) is 11.4. The lowest BCUT2D eigenvalue weighted by Crippen LogP contribution is -2.18. The Balaban J connectivity index is 2.08. The number of carbonyl (C=O) groups excluding carboxylic acids is 1. The van der Waals surface area contributed by atoms with Gasteiger partial charge in [0.2, 0.25) is 5.56 Å². The number of aromatic nitrogens is 1. The van der Waals surface area contributed by atoms with Crippen LogP contribution in [0.2, 0.25) is 5.02 Å². The number of H-pyrrole nitrogens is 1. The minimum atomic E-state index is -4.72. The van der Waals surface area contributed by atoms with E-state index in [1.807, 2.05) is 0 Å². The van der Waals surface area contributed by atoms with E-state index in [0.717, 1.165) is 18.2 Å². The number of hydrogen-bond donors (Lipinski definition) is 2. The van der Waals surface area contributed by atoms with Crippen molar-refractivity contribution in [2.45, 2.75) is 25.9 Å². The van der Waals surface area contributed by atoms with Gasteiger partial charge in [-0.05, 0) is 59.9 Å². The van der Waals surface area contributed by atoms with Crippen LogP contribution in [0.3, 0.4) is 0 Å². The molecule has 0 bridgehead atoms. The number of anilines is 1. The molecule has 2 N–H and O–H groups in total. The molecule has 0 saturated heterocycles. The molecule has 0 unspecified atom stereocenters. The zero-order chi connectivity index (χ0) is 22.8. The van der Waals surface area contributed by atoms with Crippen molar-refractivity contribution in [1.82, 2.24) is 4.98 Å². The highest BCUT2D eigenvalue weighted by molar-refractivity contribution is 6.32. The van der Waals surface area contributed by atoms with Gasteiger partial charge in [0.15, 0.2) is 0 Å². The van der Waals surface area contributed by atoms with Crippen LogP contribution in [0, 0.1) is 5.82 Å².